The summed E-state index contributed by atoms with van der Waals surface area (Å²) in [7, 11) is 0. The number of halogens is 1. The number of piperidine rings is 1. The summed E-state index contributed by atoms with van der Waals surface area (Å²) in [4.78, 5) is 13.7. The van der Waals surface area contributed by atoms with Crippen LogP contribution in [0.1, 0.15) is 19.8 Å². The normalized spacial score (nSPS) is 26.8. The Hall–Kier alpha value is -0.320. The molecule has 2 aliphatic rings. The van der Waals surface area contributed by atoms with Gasteiger partial charge in [0.25, 0.3) is 0 Å². The van der Waals surface area contributed by atoms with E-state index < -0.39 is 5.38 Å². The number of hydrogen-bond acceptors (Lipinski definition) is 3. The van der Waals surface area contributed by atoms with E-state index in [9.17, 15) is 4.79 Å². The molecule has 1 unspecified atom stereocenters. The molecule has 2 saturated heterocycles. The Bertz CT molecular complexity index is 259. The third-order valence-corrected chi connectivity index (χ3v) is 3.60. The quantitative estimate of drug-likeness (QED) is 0.689. The fourth-order valence-electron chi connectivity index (χ4n) is 2.47. The van der Waals surface area contributed by atoms with Crippen LogP contribution in [0.2, 0.25) is 0 Å². The summed E-state index contributed by atoms with van der Waals surface area (Å²) in [6, 6.07) is 0. The topological polar surface area (TPSA) is 41.6 Å². The lowest BCUT2D eigenvalue weighted by atomic mass is 9.90. The largest absolute Gasteiger partial charge is 0.371 e. The van der Waals surface area contributed by atoms with Gasteiger partial charge in [0.1, 0.15) is 5.38 Å². The Kier molecular flexibility index (Phi) is 3.72. The second kappa shape index (κ2) is 4.90. The number of amides is 1. The molecule has 2 heterocycles. The third-order valence-electron chi connectivity index (χ3n) is 3.42. The van der Waals surface area contributed by atoms with Crippen LogP contribution in [-0.4, -0.2) is 54.6 Å². The molecule has 92 valence electrons. The fourth-order valence-corrected chi connectivity index (χ4v) is 2.61. The van der Waals surface area contributed by atoms with Gasteiger partial charge in [-0.3, -0.25) is 4.79 Å². The van der Waals surface area contributed by atoms with E-state index >= 15 is 0 Å². The minimum Gasteiger partial charge on any atom is -0.371 e. The van der Waals surface area contributed by atoms with Gasteiger partial charge in [-0.2, -0.15) is 0 Å². The summed E-state index contributed by atoms with van der Waals surface area (Å²) in [6.45, 7) is 5.68. The molecule has 2 rings (SSSR count). The molecule has 0 aromatic rings. The predicted molar refractivity (Wildman–Crippen MR) is 62.7 cm³/mol. The van der Waals surface area contributed by atoms with Crippen LogP contribution in [0.15, 0.2) is 0 Å². The standard InChI is InChI=1S/C11H19ClN2O2/c1-9(12)10(15)14-6-7-16-11(8-14)2-4-13-5-3-11/h9,13H,2-8H2,1H3. The molecule has 0 aromatic carbocycles. The predicted octanol–water partition coefficient (Wildman–Crippen LogP) is 0.595. The first kappa shape index (κ1) is 12.1. The van der Waals surface area contributed by atoms with Gasteiger partial charge in [0.2, 0.25) is 5.91 Å². The van der Waals surface area contributed by atoms with Gasteiger partial charge >= 0.3 is 0 Å². The van der Waals surface area contributed by atoms with Crippen LogP contribution in [0, 0.1) is 0 Å². The summed E-state index contributed by atoms with van der Waals surface area (Å²) in [5.41, 5.74) is -0.120. The molecule has 0 bridgehead atoms. The number of morpholine rings is 1. The molecule has 1 N–H and O–H groups in total. The van der Waals surface area contributed by atoms with Crippen molar-refractivity contribution in [3.05, 3.63) is 0 Å². The Morgan fingerprint density at radius 2 is 2.19 bits per heavy atom. The van der Waals surface area contributed by atoms with E-state index in [0.717, 1.165) is 25.9 Å². The Morgan fingerprint density at radius 3 is 2.81 bits per heavy atom. The van der Waals surface area contributed by atoms with Gasteiger partial charge in [-0.15, -0.1) is 11.6 Å². The molecule has 0 radical (unpaired) electrons. The first-order valence-electron chi connectivity index (χ1n) is 5.90. The van der Waals surface area contributed by atoms with Gasteiger partial charge in [-0.05, 0) is 32.9 Å². The van der Waals surface area contributed by atoms with Crippen molar-refractivity contribution in [2.45, 2.75) is 30.7 Å². The maximum atomic E-state index is 11.8. The molecule has 0 aromatic heterocycles. The van der Waals surface area contributed by atoms with Crippen molar-refractivity contribution < 1.29 is 9.53 Å². The maximum absolute atomic E-state index is 11.8. The SMILES string of the molecule is CC(Cl)C(=O)N1CCOC2(CCNCC2)C1. The number of carbonyl (C=O) groups excluding carboxylic acids is 1. The van der Waals surface area contributed by atoms with E-state index in [1.54, 1.807) is 6.92 Å². The van der Waals surface area contributed by atoms with Crippen molar-refractivity contribution in [1.82, 2.24) is 10.2 Å². The molecule has 1 spiro atoms. The molecule has 2 aliphatic heterocycles. The van der Waals surface area contributed by atoms with E-state index in [1.165, 1.54) is 0 Å². The second-order valence-electron chi connectivity index (χ2n) is 4.66. The smallest absolute Gasteiger partial charge is 0.240 e. The molecule has 0 saturated carbocycles. The van der Waals surface area contributed by atoms with Crippen molar-refractivity contribution in [1.29, 1.82) is 0 Å². The lowest BCUT2D eigenvalue weighted by molar-refractivity contribution is -0.154. The van der Waals surface area contributed by atoms with Crippen LogP contribution in [0.3, 0.4) is 0 Å². The van der Waals surface area contributed by atoms with Crippen LogP contribution in [0.5, 0.6) is 0 Å². The Labute approximate surface area is 101 Å². The number of hydrogen-bond donors (Lipinski definition) is 1. The first-order valence-corrected chi connectivity index (χ1v) is 6.34. The molecular weight excluding hydrogens is 228 g/mol. The maximum Gasteiger partial charge on any atom is 0.240 e. The number of rotatable bonds is 1. The highest BCUT2D eigenvalue weighted by atomic mass is 35.5. The van der Waals surface area contributed by atoms with Gasteiger partial charge in [0.05, 0.1) is 12.2 Å². The summed E-state index contributed by atoms with van der Waals surface area (Å²) in [5.74, 6) is 0.0304. The van der Waals surface area contributed by atoms with Gasteiger partial charge in [0.15, 0.2) is 0 Å². The van der Waals surface area contributed by atoms with E-state index in [-0.39, 0.29) is 11.5 Å². The minimum absolute atomic E-state index is 0.0304. The number of carbonyl (C=O) groups is 1. The highest BCUT2D eigenvalue weighted by Gasteiger charge is 2.39. The van der Waals surface area contributed by atoms with Crippen LogP contribution in [0.25, 0.3) is 0 Å². The molecule has 1 amide bonds. The molecule has 4 nitrogen and oxygen atoms in total. The molecule has 1 atom stereocenters. The van der Waals surface area contributed by atoms with E-state index in [2.05, 4.69) is 5.32 Å². The zero-order valence-corrected chi connectivity index (χ0v) is 10.4. The molecular formula is C11H19ClN2O2. The van der Waals surface area contributed by atoms with Crippen molar-refractivity contribution in [3.63, 3.8) is 0 Å². The molecule has 5 heteroatoms. The lowest BCUT2D eigenvalue weighted by Crippen LogP contribution is -2.58. The Morgan fingerprint density at radius 1 is 1.50 bits per heavy atom. The monoisotopic (exact) mass is 246 g/mol. The minimum atomic E-state index is -0.433. The van der Waals surface area contributed by atoms with E-state index in [0.29, 0.717) is 19.7 Å². The summed E-state index contributed by atoms with van der Waals surface area (Å²) in [6.07, 6.45) is 1.96. The number of nitrogens with zero attached hydrogens (tertiary/aromatic N) is 1. The highest BCUT2D eigenvalue weighted by molar-refractivity contribution is 6.30. The average Bonchev–Trinajstić information content (AvgIpc) is 2.29. The van der Waals surface area contributed by atoms with Crippen molar-refractivity contribution in [3.8, 4) is 0 Å². The Balaban J connectivity index is 2.00. The number of alkyl halides is 1. The van der Waals surface area contributed by atoms with Gasteiger partial charge in [-0.25, -0.2) is 0 Å². The molecule has 16 heavy (non-hydrogen) atoms. The zero-order valence-electron chi connectivity index (χ0n) is 9.67. The van der Waals surface area contributed by atoms with Crippen molar-refractivity contribution in [2.24, 2.45) is 0 Å². The number of nitrogens with one attached hydrogen (secondary N) is 1. The van der Waals surface area contributed by atoms with E-state index in [4.69, 9.17) is 16.3 Å². The summed E-state index contributed by atoms with van der Waals surface area (Å²) < 4.78 is 5.89. The fraction of sp³-hybridized carbons (Fsp3) is 0.909. The van der Waals surface area contributed by atoms with Gasteiger partial charge in [0, 0.05) is 13.1 Å². The summed E-state index contributed by atoms with van der Waals surface area (Å²) >= 11 is 5.84. The summed E-state index contributed by atoms with van der Waals surface area (Å²) in [5, 5.41) is 2.88. The molecule has 2 fully saturated rings. The number of ether oxygens (including phenoxy) is 1. The van der Waals surface area contributed by atoms with Crippen molar-refractivity contribution in [2.75, 3.05) is 32.8 Å². The average molecular weight is 247 g/mol. The highest BCUT2D eigenvalue weighted by Crippen LogP contribution is 2.27. The third kappa shape index (κ3) is 2.50. The molecule has 0 aliphatic carbocycles. The van der Waals surface area contributed by atoms with E-state index in [1.807, 2.05) is 4.90 Å². The van der Waals surface area contributed by atoms with Crippen LogP contribution in [-0.2, 0) is 9.53 Å². The van der Waals surface area contributed by atoms with Crippen LogP contribution < -0.4 is 5.32 Å². The zero-order chi connectivity index (χ0) is 11.6. The van der Waals surface area contributed by atoms with Crippen molar-refractivity contribution >= 4 is 17.5 Å². The van der Waals surface area contributed by atoms with Gasteiger partial charge in [-0.1, -0.05) is 0 Å². The van der Waals surface area contributed by atoms with Crippen LogP contribution in [0.4, 0.5) is 0 Å². The lowest BCUT2D eigenvalue weighted by Gasteiger charge is -2.45. The first-order chi connectivity index (χ1) is 7.63. The van der Waals surface area contributed by atoms with Crippen LogP contribution >= 0.6 is 11.6 Å². The second-order valence-corrected chi connectivity index (χ2v) is 5.31. The van der Waals surface area contributed by atoms with Gasteiger partial charge < -0.3 is 15.0 Å².